The average Bonchev–Trinajstić information content (AvgIpc) is 3.52. The monoisotopic (exact) mass is 513 g/mol. The number of nitrogens with one attached hydrogen (secondary N) is 1. The fourth-order valence-corrected chi connectivity index (χ4v) is 7.00. The Morgan fingerprint density at radius 1 is 1.22 bits per heavy atom. The van der Waals surface area contributed by atoms with Gasteiger partial charge in [0.2, 0.25) is 0 Å². The maximum atomic E-state index is 13.5. The van der Waals surface area contributed by atoms with E-state index in [0.717, 1.165) is 37.6 Å². The van der Waals surface area contributed by atoms with E-state index in [-0.39, 0.29) is 5.56 Å². The van der Waals surface area contributed by atoms with Crippen molar-refractivity contribution in [2.24, 2.45) is 11.3 Å². The van der Waals surface area contributed by atoms with E-state index >= 15 is 0 Å². The summed E-state index contributed by atoms with van der Waals surface area (Å²) < 4.78 is 23.3. The molecule has 9 heteroatoms. The van der Waals surface area contributed by atoms with Crippen LogP contribution in [-0.2, 0) is 0 Å². The number of benzene rings is 1. The van der Waals surface area contributed by atoms with Crippen molar-refractivity contribution in [2.45, 2.75) is 51.5 Å². The molecular weight excluding hydrogens is 477 g/mol. The Labute approximate surface area is 217 Å². The van der Waals surface area contributed by atoms with Crippen molar-refractivity contribution in [3.05, 3.63) is 42.1 Å². The van der Waals surface area contributed by atoms with Gasteiger partial charge in [0.15, 0.2) is 17.9 Å². The quantitative estimate of drug-likeness (QED) is 0.374. The van der Waals surface area contributed by atoms with Crippen molar-refractivity contribution in [2.75, 3.05) is 43.4 Å². The molecular formula is C27H36FN5O2S. The molecule has 0 radical (unpaired) electrons. The van der Waals surface area contributed by atoms with Crippen LogP contribution in [0.2, 0.25) is 0 Å². The third kappa shape index (κ3) is 5.53. The molecule has 194 valence electrons. The van der Waals surface area contributed by atoms with Gasteiger partial charge >= 0.3 is 0 Å². The molecule has 5 rings (SSSR count). The van der Waals surface area contributed by atoms with Crippen LogP contribution in [0.3, 0.4) is 0 Å². The number of hydrogen-bond donors (Lipinski definition) is 1. The maximum Gasteiger partial charge on any atom is 0.188 e. The van der Waals surface area contributed by atoms with Crippen molar-refractivity contribution in [3.63, 3.8) is 0 Å². The highest BCUT2D eigenvalue weighted by atomic mass is 32.2. The van der Waals surface area contributed by atoms with Crippen molar-refractivity contribution >= 4 is 24.1 Å². The van der Waals surface area contributed by atoms with Gasteiger partial charge in [0.05, 0.1) is 11.8 Å². The predicted molar refractivity (Wildman–Crippen MR) is 141 cm³/mol. The summed E-state index contributed by atoms with van der Waals surface area (Å²) in [6.07, 6.45) is 11.5. The van der Waals surface area contributed by atoms with E-state index in [0.29, 0.717) is 35.2 Å². The van der Waals surface area contributed by atoms with Crippen LogP contribution in [-0.4, -0.2) is 65.7 Å². The van der Waals surface area contributed by atoms with Crippen LogP contribution in [0.15, 0.2) is 30.7 Å². The summed E-state index contributed by atoms with van der Waals surface area (Å²) in [5, 5.41) is 0. The molecule has 1 aromatic heterocycles. The van der Waals surface area contributed by atoms with Gasteiger partial charge in [-0.25, -0.2) is 14.4 Å². The second kappa shape index (κ2) is 11.4. The smallest absolute Gasteiger partial charge is 0.188 e. The molecule has 1 aliphatic carbocycles. The van der Waals surface area contributed by atoms with Crippen molar-refractivity contribution < 1.29 is 13.9 Å². The van der Waals surface area contributed by atoms with E-state index in [1.165, 1.54) is 69.7 Å². The minimum atomic E-state index is -0.473. The van der Waals surface area contributed by atoms with Gasteiger partial charge in [-0.1, -0.05) is 25.3 Å². The first-order valence-corrected chi connectivity index (χ1v) is 14.2. The lowest BCUT2D eigenvalue weighted by Crippen LogP contribution is -2.48. The van der Waals surface area contributed by atoms with Gasteiger partial charge in [-0.15, -0.1) is 0 Å². The summed E-state index contributed by atoms with van der Waals surface area (Å²) in [7, 11) is 0. The molecule has 2 aromatic rings. The Morgan fingerprint density at radius 2 is 2.08 bits per heavy atom. The zero-order valence-corrected chi connectivity index (χ0v) is 21.8. The van der Waals surface area contributed by atoms with E-state index in [4.69, 9.17) is 4.74 Å². The zero-order chi connectivity index (χ0) is 25.0. The number of nitrogens with zero attached hydrogens (tertiary/aromatic N) is 4. The highest BCUT2D eigenvalue weighted by molar-refractivity contribution is 7.97. The Balaban J connectivity index is 1.18. The molecule has 1 N–H and O–H groups in total. The highest BCUT2D eigenvalue weighted by Gasteiger charge is 2.44. The molecule has 1 spiro atoms. The van der Waals surface area contributed by atoms with Gasteiger partial charge in [-0.3, -0.25) is 9.52 Å². The predicted octanol–water partition coefficient (Wildman–Crippen LogP) is 4.94. The summed E-state index contributed by atoms with van der Waals surface area (Å²) in [4.78, 5) is 24.9. The lowest BCUT2D eigenvalue weighted by atomic mass is 9.74. The van der Waals surface area contributed by atoms with Crippen molar-refractivity contribution in [1.29, 1.82) is 0 Å². The number of likely N-dealkylation sites (tertiary alicyclic amines) is 1. The summed E-state index contributed by atoms with van der Waals surface area (Å²) in [6, 6.07) is 4.60. The van der Waals surface area contributed by atoms with Crippen LogP contribution in [0.25, 0.3) is 0 Å². The lowest BCUT2D eigenvalue weighted by Gasteiger charge is -2.44. The molecule has 3 fully saturated rings. The van der Waals surface area contributed by atoms with E-state index < -0.39 is 5.82 Å². The number of ether oxygens (including phenoxy) is 1. The fourth-order valence-electron chi connectivity index (χ4n) is 6.27. The van der Waals surface area contributed by atoms with Crippen LogP contribution >= 0.6 is 11.9 Å². The first-order valence-electron chi connectivity index (χ1n) is 13.2. The second-order valence-corrected chi connectivity index (χ2v) is 11.5. The standard InChI is InChI=1S/C27H36FN5O2S/c1-2-36-31-25-4-3-8-27(25)9-12-32(13-10-27)16-20-7-11-33(17-20)26-24(15-29-19-30-26)35-23-6-5-22(28)14-21(23)18-34/h5-6,14-15,18-20,25,31H,2-4,7-13,16-17H2,1H3. The number of piperidine rings is 1. The molecule has 2 unspecified atom stereocenters. The van der Waals surface area contributed by atoms with Crippen LogP contribution in [0, 0.1) is 17.2 Å². The molecule has 36 heavy (non-hydrogen) atoms. The third-order valence-corrected chi connectivity index (χ3v) is 8.95. The van der Waals surface area contributed by atoms with Crippen LogP contribution in [0.1, 0.15) is 55.8 Å². The Morgan fingerprint density at radius 3 is 2.89 bits per heavy atom. The number of hydrogen-bond acceptors (Lipinski definition) is 8. The first-order chi connectivity index (χ1) is 17.6. The van der Waals surface area contributed by atoms with E-state index in [1.807, 2.05) is 11.9 Å². The summed E-state index contributed by atoms with van der Waals surface area (Å²) in [6.45, 7) is 7.52. The molecule has 0 bridgehead atoms. The molecule has 0 amide bonds. The van der Waals surface area contributed by atoms with Gasteiger partial charge < -0.3 is 14.5 Å². The molecule has 2 aliphatic heterocycles. The van der Waals surface area contributed by atoms with Crippen LogP contribution in [0.5, 0.6) is 11.5 Å². The van der Waals surface area contributed by atoms with Gasteiger partial charge in [-0.2, -0.15) is 0 Å². The summed E-state index contributed by atoms with van der Waals surface area (Å²) in [5.74, 6) is 2.73. The first kappa shape index (κ1) is 25.4. The maximum absolute atomic E-state index is 13.5. The van der Waals surface area contributed by atoms with Gasteiger partial charge in [0, 0.05) is 31.4 Å². The van der Waals surface area contributed by atoms with Crippen LogP contribution < -0.4 is 14.4 Å². The molecule has 2 atom stereocenters. The van der Waals surface area contributed by atoms with Gasteiger partial charge in [-0.05, 0) is 74.7 Å². The van der Waals surface area contributed by atoms with Crippen LogP contribution in [0.4, 0.5) is 10.2 Å². The number of rotatable bonds is 9. The molecule has 7 nitrogen and oxygen atoms in total. The number of carbonyl (C=O) groups excluding carboxylic acids is 1. The van der Waals surface area contributed by atoms with Crippen molar-refractivity contribution in [3.8, 4) is 11.5 Å². The van der Waals surface area contributed by atoms with E-state index in [1.54, 1.807) is 6.20 Å². The summed E-state index contributed by atoms with van der Waals surface area (Å²) in [5.41, 5.74) is 0.661. The average molecular weight is 514 g/mol. The fraction of sp³-hybridized carbons (Fsp3) is 0.593. The molecule has 3 heterocycles. The molecule has 1 aromatic carbocycles. The topological polar surface area (TPSA) is 70.6 Å². The third-order valence-electron chi connectivity index (χ3n) is 8.21. The van der Waals surface area contributed by atoms with Gasteiger partial charge in [0.1, 0.15) is 17.9 Å². The van der Waals surface area contributed by atoms with Crippen molar-refractivity contribution in [1.82, 2.24) is 19.6 Å². The molecule has 1 saturated carbocycles. The zero-order valence-electron chi connectivity index (χ0n) is 21.0. The normalized spacial score (nSPS) is 23.9. The number of aromatic nitrogens is 2. The van der Waals surface area contributed by atoms with E-state index in [2.05, 4.69) is 31.4 Å². The lowest BCUT2D eigenvalue weighted by molar-refractivity contribution is 0.0827. The second-order valence-electron chi connectivity index (χ2n) is 10.4. The Bertz CT molecular complexity index is 1050. The van der Waals surface area contributed by atoms with E-state index in [9.17, 15) is 9.18 Å². The summed E-state index contributed by atoms with van der Waals surface area (Å²) >= 11 is 1.88. The molecule has 2 saturated heterocycles. The van der Waals surface area contributed by atoms with Gasteiger partial charge in [0.25, 0.3) is 0 Å². The highest BCUT2D eigenvalue weighted by Crippen LogP contribution is 2.47. The number of carbonyl (C=O) groups is 1. The number of anilines is 1. The number of aldehydes is 1. The minimum Gasteiger partial charge on any atom is -0.451 e. The number of halogens is 1. The SMILES string of the molecule is CCSNC1CCCC12CCN(CC1CCN(c3ncncc3Oc3ccc(F)cc3C=O)C1)CC2. The minimum absolute atomic E-state index is 0.167. The molecule has 3 aliphatic rings. The Hall–Kier alpha value is -2.23. The largest absolute Gasteiger partial charge is 0.451 e. The Kier molecular flexibility index (Phi) is 8.08.